The number of amides is 1. The van der Waals surface area contributed by atoms with Crippen LogP contribution < -0.4 is 5.73 Å². The van der Waals surface area contributed by atoms with Gasteiger partial charge in [-0.15, -0.1) is 0 Å². The lowest BCUT2D eigenvalue weighted by atomic mass is 10.1. The van der Waals surface area contributed by atoms with E-state index in [0.717, 1.165) is 16.5 Å². The highest BCUT2D eigenvalue weighted by Crippen LogP contribution is 2.17. The molecule has 1 aromatic heterocycles. The van der Waals surface area contributed by atoms with Crippen LogP contribution in [0.1, 0.15) is 26.3 Å². The first kappa shape index (κ1) is 18.9. The number of rotatable bonds is 2. The summed E-state index contributed by atoms with van der Waals surface area (Å²) < 4.78 is 5.42. The topological polar surface area (TPSA) is 84.0 Å². The highest BCUT2D eigenvalue weighted by Gasteiger charge is 2.26. The number of benzene rings is 1. The Hall–Kier alpha value is -2.83. The first-order valence-electron chi connectivity index (χ1n) is 9.19. The number of carbonyl (C=O) groups excluding carboxylic acids is 1. The average molecular weight is 369 g/mol. The van der Waals surface area contributed by atoms with E-state index in [1.165, 1.54) is 0 Å². The van der Waals surface area contributed by atoms with Gasteiger partial charge in [-0.1, -0.05) is 24.3 Å². The second kappa shape index (κ2) is 7.82. The third-order valence-electron chi connectivity index (χ3n) is 4.38. The van der Waals surface area contributed by atoms with Crippen LogP contribution in [0.25, 0.3) is 10.9 Å². The molecule has 0 spiro atoms. The van der Waals surface area contributed by atoms with Crippen LogP contribution in [0.5, 0.6) is 0 Å². The highest BCUT2D eigenvalue weighted by molar-refractivity contribution is 5.82. The number of carbonyl (C=O) groups is 1. The molecule has 0 radical (unpaired) electrons. The molecule has 2 heterocycles. The fourth-order valence-corrected chi connectivity index (χ4v) is 3.01. The van der Waals surface area contributed by atoms with Crippen LogP contribution in [0.4, 0.5) is 4.79 Å². The van der Waals surface area contributed by atoms with Gasteiger partial charge in [0.2, 0.25) is 0 Å². The van der Waals surface area contributed by atoms with Crippen LogP contribution in [0.15, 0.2) is 41.5 Å². The van der Waals surface area contributed by atoms with Gasteiger partial charge in [-0.3, -0.25) is 4.98 Å². The van der Waals surface area contributed by atoms with Crippen molar-refractivity contribution >= 4 is 23.0 Å². The lowest BCUT2D eigenvalue weighted by Gasteiger charge is -2.36. The number of para-hydroxylation sites is 1. The fourth-order valence-electron chi connectivity index (χ4n) is 3.01. The maximum absolute atomic E-state index is 12.1. The zero-order valence-electron chi connectivity index (χ0n) is 16.2. The Morgan fingerprint density at radius 2 is 1.81 bits per heavy atom. The minimum Gasteiger partial charge on any atom is -0.444 e. The van der Waals surface area contributed by atoms with Gasteiger partial charge in [0.05, 0.1) is 12.1 Å². The minimum atomic E-state index is -0.485. The van der Waals surface area contributed by atoms with Crippen LogP contribution in [0.3, 0.4) is 0 Å². The summed E-state index contributed by atoms with van der Waals surface area (Å²) in [7, 11) is 0. The number of aromatic nitrogens is 1. The summed E-state index contributed by atoms with van der Waals surface area (Å²) in [6.45, 7) is 8.51. The van der Waals surface area contributed by atoms with Crippen molar-refractivity contribution in [2.45, 2.75) is 32.9 Å². The predicted molar refractivity (Wildman–Crippen MR) is 106 cm³/mol. The Morgan fingerprint density at radius 1 is 1.15 bits per heavy atom. The van der Waals surface area contributed by atoms with Crippen molar-refractivity contribution in [2.24, 2.45) is 10.7 Å². The smallest absolute Gasteiger partial charge is 0.410 e. The quantitative estimate of drug-likeness (QED) is 0.650. The van der Waals surface area contributed by atoms with Crippen molar-refractivity contribution in [3.8, 4) is 0 Å². The Bertz CT molecular complexity index is 830. The van der Waals surface area contributed by atoms with Gasteiger partial charge in [-0.2, -0.15) is 0 Å². The lowest BCUT2D eigenvalue weighted by Crippen LogP contribution is -2.53. The number of ether oxygens (including phenoxy) is 1. The lowest BCUT2D eigenvalue weighted by molar-refractivity contribution is 0.0186. The second-order valence-electron chi connectivity index (χ2n) is 7.62. The molecule has 144 valence electrons. The molecular formula is C20H27N5O2. The summed E-state index contributed by atoms with van der Waals surface area (Å²) in [5.74, 6) is 0.492. The van der Waals surface area contributed by atoms with Crippen molar-refractivity contribution in [1.29, 1.82) is 0 Å². The van der Waals surface area contributed by atoms with Crippen LogP contribution in [-0.4, -0.2) is 58.6 Å². The van der Waals surface area contributed by atoms with E-state index < -0.39 is 5.60 Å². The zero-order chi connectivity index (χ0) is 19.4. The second-order valence-corrected chi connectivity index (χ2v) is 7.62. The van der Waals surface area contributed by atoms with Crippen molar-refractivity contribution < 1.29 is 9.53 Å². The number of fused-ring (bicyclic) bond motifs is 1. The molecule has 0 saturated carbocycles. The Balaban J connectivity index is 1.59. The molecule has 1 aromatic carbocycles. The molecule has 0 unspecified atom stereocenters. The molecule has 1 saturated heterocycles. The summed E-state index contributed by atoms with van der Waals surface area (Å²) in [6.07, 6.45) is 1.51. The molecule has 3 rings (SSSR count). The SMILES string of the molecule is CC(C)(C)OC(=O)N1CCN(C(N)=NCc2cccc3cccnc23)CC1. The van der Waals surface area contributed by atoms with Gasteiger partial charge in [0.1, 0.15) is 5.60 Å². The minimum absolute atomic E-state index is 0.278. The maximum Gasteiger partial charge on any atom is 0.410 e. The number of nitrogens with two attached hydrogens (primary N) is 1. The molecule has 2 N–H and O–H groups in total. The number of pyridine rings is 1. The molecule has 1 fully saturated rings. The van der Waals surface area contributed by atoms with E-state index in [1.807, 2.05) is 56.0 Å². The molecule has 0 atom stereocenters. The Labute approximate surface area is 159 Å². The largest absolute Gasteiger partial charge is 0.444 e. The first-order chi connectivity index (χ1) is 12.8. The molecule has 1 amide bonds. The number of guanidine groups is 1. The maximum atomic E-state index is 12.1. The van der Waals surface area contributed by atoms with E-state index in [9.17, 15) is 4.79 Å². The number of hydrogen-bond acceptors (Lipinski definition) is 4. The van der Waals surface area contributed by atoms with E-state index in [-0.39, 0.29) is 6.09 Å². The van der Waals surface area contributed by atoms with E-state index in [4.69, 9.17) is 10.5 Å². The standard InChI is InChI=1S/C20H27N5O2/c1-20(2,3)27-19(26)25-12-10-24(11-13-25)18(21)23-14-16-7-4-6-15-8-5-9-22-17(15)16/h4-9H,10-14H2,1-3H3,(H2,21,23). The summed E-state index contributed by atoms with van der Waals surface area (Å²) in [5.41, 5.74) is 7.69. The van der Waals surface area contributed by atoms with Crippen molar-refractivity contribution in [2.75, 3.05) is 26.2 Å². The molecule has 7 nitrogen and oxygen atoms in total. The van der Waals surface area contributed by atoms with Crippen LogP contribution in [-0.2, 0) is 11.3 Å². The monoisotopic (exact) mass is 369 g/mol. The van der Waals surface area contributed by atoms with Gasteiger partial charge in [0.15, 0.2) is 5.96 Å². The summed E-state index contributed by atoms with van der Waals surface area (Å²) >= 11 is 0. The first-order valence-corrected chi connectivity index (χ1v) is 9.19. The predicted octanol–water partition coefficient (Wildman–Crippen LogP) is 2.60. The normalized spacial score (nSPS) is 15.9. The van der Waals surface area contributed by atoms with Gasteiger partial charge >= 0.3 is 6.09 Å². The van der Waals surface area contributed by atoms with Gasteiger partial charge < -0.3 is 20.3 Å². The van der Waals surface area contributed by atoms with Gasteiger partial charge in [-0.25, -0.2) is 9.79 Å². The third-order valence-corrected chi connectivity index (χ3v) is 4.38. The average Bonchev–Trinajstić information content (AvgIpc) is 2.65. The van der Waals surface area contributed by atoms with Gasteiger partial charge in [0, 0.05) is 37.8 Å². The van der Waals surface area contributed by atoms with Crippen molar-refractivity contribution in [1.82, 2.24) is 14.8 Å². The molecular weight excluding hydrogens is 342 g/mol. The third kappa shape index (κ3) is 4.87. The van der Waals surface area contributed by atoms with Crippen molar-refractivity contribution in [3.63, 3.8) is 0 Å². The fraction of sp³-hybridized carbons (Fsp3) is 0.450. The number of aliphatic imine (C=N–C) groups is 1. The molecule has 2 aromatic rings. The van der Waals surface area contributed by atoms with Crippen LogP contribution in [0, 0.1) is 0 Å². The summed E-state index contributed by atoms with van der Waals surface area (Å²) in [5, 5.41) is 1.09. The molecule has 1 aliphatic rings. The molecule has 27 heavy (non-hydrogen) atoms. The van der Waals surface area contributed by atoms with E-state index in [1.54, 1.807) is 11.1 Å². The van der Waals surface area contributed by atoms with E-state index in [2.05, 4.69) is 9.98 Å². The summed E-state index contributed by atoms with van der Waals surface area (Å²) in [6, 6.07) is 10.0. The Morgan fingerprint density at radius 3 is 2.52 bits per heavy atom. The van der Waals surface area contributed by atoms with E-state index in [0.29, 0.717) is 38.7 Å². The van der Waals surface area contributed by atoms with E-state index >= 15 is 0 Å². The molecule has 7 heteroatoms. The highest BCUT2D eigenvalue weighted by atomic mass is 16.6. The number of hydrogen-bond donors (Lipinski definition) is 1. The number of piperazine rings is 1. The number of nitrogens with zero attached hydrogens (tertiary/aromatic N) is 4. The van der Waals surface area contributed by atoms with Gasteiger partial charge in [0.25, 0.3) is 0 Å². The summed E-state index contributed by atoms with van der Waals surface area (Å²) in [4.78, 5) is 24.8. The van der Waals surface area contributed by atoms with Crippen molar-refractivity contribution in [3.05, 3.63) is 42.1 Å². The van der Waals surface area contributed by atoms with Crippen LogP contribution >= 0.6 is 0 Å². The molecule has 0 bridgehead atoms. The molecule has 0 aliphatic carbocycles. The Kier molecular flexibility index (Phi) is 5.48. The van der Waals surface area contributed by atoms with Gasteiger partial charge in [-0.05, 0) is 32.4 Å². The molecule has 1 aliphatic heterocycles. The van der Waals surface area contributed by atoms with Crippen LogP contribution in [0.2, 0.25) is 0 Å². The zero-order valence-corrected chi connectivity index (χ0v) is 16.2.